The molecule has 0 saturated carbocycles. The Kier molecular flexibility index (Phi) is 5.36. The minimum Gasteiger partial charge on any atom is -0.321 e. The maximum absolute atomic E-state index is 12.5. The lowest BCUT2D eigenvalue weighted by Crippen LogP contribution is -2.37. The van der Waals surface area contributed by atoms with Crippen molar-refractivity contribution in [1.82, 2.24) is 0 Å². The number of nitrogens with zero attached hydrogens (tertiary/aromatic N) is 1. The van der Waals surface area contributed by atoms with Crippen molar-refractivity contribution in [3.8, 4) is 0 Å². The minimum absolute atomic E-state index is 0.134. The van der Waals surface area contributed by atoms with Gasteiger partial charge in [0.25, 0.3) is 5.91 Å². The van der Waals surface area contributed by atoms with Gasteiger partial charge < -0.3 is 5.32 Å². The molecule has 0 bridgehead atoms. The summed E-state index contributed by atoms with van der Waals surface area (Å²) in [6, 6.07) is 11.9. The topological polar surface area (TPSA) is 66.5 Å². The number of hydrogen-bond donors (Lipinski definition) is 1. The molecule has 2 aromatic carbocycles. The van der Waals surface area contributed by atoms with E-state index >= 15 is 0 Å². The molecular formula is C17H16BrClN2O3S. The van der Waals surface area contributed by atoms with Gasteiger partial charge in [-0.05, 0) is 59.1 Å². The van der Waals surface area contributed by atoms with Gasteiger partial charge in [-0.25, -0.2) is 8.42 Å². The van der Waals surface area contributed by atoms with E-state index in [1.54, 1.807) is 18.2 Å². The average molecular weight is 444 g/mol. The van der Waals surface area contributed by atoms with Crippen molar-refractivity contribution in [3.63, 3.8) is 0 Å². The Labute approximate surface area is 160 Å². The number of halogens is 2. The maximum atomic E-state index is 12.5. The predicted octanol–water partition coefficient (Wildman–Crippen LogP) is 4.28. The number of sulfonamides is 1. The van der Waals surface area contributed by atoms with E-state index in [1.165, 1.54) is 10.4 Å². The highest BCUT2D eigenvalue weighted by Gasteiger charge is 2.26. The number of nitrogens with one attached hydrogen (secondary N) is 1. The lowest BCUT2D eigenvalue weighted by molar-refractivity contribution is 0.102. The Morgan fingerprint density at radius 2 is 1.92 bits per heavy atom. The Hall–Kier alpha value is -1.57. The van der Waals surface area contributed by atoms with Gasteiger partial charge in [-0.15, -0.1) is 0 Å². The molecule has 132 valence electrons. The number of anilines is 2. The second kappa shape index (κ2) is 7.35. The Bertz CT molecular complexity index is 918. The average Bonchev–Trinajstić information content (AvgIpc) is 2.56. The van der Waals surface area contributed by atoms with Crippen LogP contribution in [0.15, 0.2) is 46.9 Å². The first-order chi connectivity index (χ1) is 11.9. The van der Waals surface area contributed by atoms with Crippen molar-refractivity contribution in [2.75, 3.05) is 21.9 Å². The first-order valence-electron chi connectivity index (χ1n) is 7.74. The summed E-state index contributed by atoms with van der Waals surface area (Å²) >= 11 is 9.62. The molecule has 0 atom stereocenters. The Morgan fingerprint density at radius 3 is 2.60 bits per heavy atom. The van der Waals surface area contributed by atoms with Crippen molar-refractivity contribution in [2.45, 2.75) is 12.8 Å². The van der Waals surface area contributed by atoms with Crippen LogP contribution < -0.4 is 9.62 Å². The molecule has 1 fully saturated rings. The maximum Gasteiger partial charge on any atom is 0.257 e. The number of para-hydroxylation sites is 1. The lowest BCUT2D eigenvalue weighted by atomic mass is 10.1. The molecule has 0 aliphatic carbocycles. The van der Waals surface area contributed by atoms with E-state index in [2.05, 4.69) is 21.2 Å². The van der Waals surface area contributed by atoms with Crippen LogP contribution in [-0.2, 0) is 10.0 Å². The molecule has 1 aliphatic rings. The molecule has 8 heteroatoms. The first-order valence-corrected chi connectivity index (χ1v) is 10.5. The van der Waals surface area contributed by atoms with Crippen LogP contribution in [0, 0.1) is 0 Å². The zero-order valence-electron chi connectivity index (χ0n) is 13.2. The molecule has 1 amide bonds. The summed E-state index contributed by atoms with van der Waals surface area (Å²) in [5, 5.41) is 2.99. The van der Waals surface area contributed by atoms with E-state index in [4.69, 9.17) is 11.6 Å². The summed E-state index contributed by atoms with van der Waals surface area (Å²) in [5.74, 6) is -0.223. The summed E-state index contributed by atoms with van der Waals surface area (Å²) in [5.41, 5.74) is 1.41. The SMILES string of the molecule is O=C(Nc1ccccc1Br)c1ccc(N2CCCCS2(=O)=O)cc1Cl. The third-order valence-electron chi connectivity index (χ3n) is 3.96. The third-order valence-corrected chi connectivity index (χ3v) is 6.83. The third kappa shape index (κ3) is 3.99. The van der Waals surface area contributed by atoms with Gasteiger partial charge >= 0.3 is 0 Å². The summed E-state index contributed by atoms with van der Waals surface area (Å²) in [6.07, 6.45) is 1.47. The molecule has 5 nitrogen and oxygen atoms in total. The summed E-state index contributed by atoms with van der Waals surface area (Å²) < 4.78 is 26.5. The van der Waals surface area contributed by atoms with Crippen LogP contribution in [0.25, 0.3) is 0 Å². The van der Waals surface area contributed by atoms with Crippen LogP contribution in [0.4, 0.5) is 11.4 Å². The van der Waals surface area contributed by atoms with Crippen LogP contribution in [-0.4, -0.2) is 26.6 Å². The van der Waals surface area contributed by atoms with E-state index in [-0.39, 0.29) is 22.2 Å². The summed E-state index contributed by atoms with van der Waals surface area (Å²) in [4.78, 5) is 12.5. The molecule has 1 N–H and O–H groups in total. The monoisotopic (exact) mass is 442 g/mol. The summed E-state index contributed by atoms with van der Waals surface area (Å²) in [7, 11) is -3.31. The fraction of sp³-hybridized carbons (Fsp3) is 0.235. The quantitative estimate of drug-likeness (QED) is 0.770. The largest absolute Gasteiger partial charge is 0.321 e. The second-order valence-electron chi connectivity index (χ2n) is 5.69. The molecular weight excluding hydrogens is 428 g/mol. The lowest BCUT2D eigenvalue weighted by Gasteiger charge is -2.28. The number of amides is 1. The molecule has 0 unspecified atom stereocenters. The van der Waals surface area contributed by atoms with Crippen LogP contribution in [0.5, 0.6) is 0 Å². The van der Waals surface area contributed by atoms with Gasteiger partial charge in [-0.2, -0.15) is 0 Å². The molecule has 2 aromatic rings. The van der Waals surface area contributed by atoms with E-state index in [0.717, 1.165) is 10.9 Å². The highest BCUT2D eigenvalue weighted by atomic mass is 79.9. The molecule has 1 saturated heterocycles. The van der Waals surface area contributed by atoms with Crippen molar-refractivity contribution in [1.29, 1.82) is 0 Å². The molecule has 0 spiro atoms. The van der Waals surface area contributed by atoms with Crippen LogP contribution in [0.3, 0.4) is 0 Å². The standard InChI is InChI=1S/C17H16BrClN2O3S/c18-14-5-1-2-6-16(14)20-17(22)13-8-7-12(11-15(13)19)21-9-3-4-10-25(21,23)24/h1-2,5-8,11H,3-4,9-10H2,(H,20,22). The van der Waals surface area contributed by atoms with Gasteiger partial charge in [0.15, 0.2) is 0 Å². The number of hydrogen-bond acceptors (Lipinski definition) is 3. The fourth-order valence-electron chi connectivity index (χ4n) is 2.67. The van der Waals surface area contributed by atoms with E-state index in [9.17, 15) is 13.2 Å². The molecule has 0 aromatic heterocycles. The zero-order chi connectivity index (χ0) is 18.0. The highest BCUT2D eigenvalue weighted by molar-refractivity contribution is 9.10. The summed E-state index contributed by atoms with van der Waals surface area (Å²) in [6.45, 7) is 0.432. The fourth-order valence-corrected chi connectivity index (χ4v) is 4.95. The molecule has 1 heterocycles. The number of carbonyl (C=O) groups excluding carboxylic acids is 1. The van der Waals surface area contributed by atoms with E-state index in [0.29, 0.717) is 24.3 Å². The number of carbonyl (C=O) groups is 1. The predicted molar refractivity (Wildman–Crippen MR) is 104 cm³/mol. The minimum atomic E-state index is -3.31. The van der Waals surface area contributed by atoms with Gasteiger partial charge in [0.1, 0.15) is 0 Å². The van der Waals surface area contributed by atoms with Crippen LogP contribution in [0.2, 0.25) is 5.02 Å². The number of benzene rings is 2. The van der Waals surface area contributed by atoms with E-state index < -0.39 is 10.0 Å². The normalized spacial score (nSPS) is 16.5. The molecule has 25 heavy (non-hydrogen) atoms. The molecule has 0 radical (unpaired) electrons. The Balaban J connectivity index is 1.85. The van der Waals surface area contributed by atoms with Gasteiger partial charge in [-0.3, -0.25) is 9.10 Å². The second-order valence-corrected chi connectivity index (χ2v) is 8.97. The van der Waals surface area contributed by atoms with Crippen LogP contribution >= 0.6 is 27.5 Å². The van der Waals surface area contributed by atoms with E-state index in [1.807, 2.05) is 18.2 Å². The van der Waals surface area contributed by atoms with Crippen molar-refractivity contribution < 1.29 is 13.2 Å². The van der Waals surface area contributed by atoms with Crippen molar-refractivity contribution >= 4 is 54.8 Å². The first kappa shape index (κ1) is 18.2. The number of rotatable bonds is 3. The smallest absolute Gasteiger partial charge is 0.257 e. The Morgan fingerprint density at radius 1 is 1.16 bits per heavy atom. The molecule has 3 rings (SSSR count). The zero-order valence-corrected chi connectivity index (χ0v) is 16.4. The molecule has 1 aliphatic heterocycles. The van der Waals surface area contributed by atoms with Gasteiger partial charge in [0, 0.05) is 11.0 Å². The van der Waals surface area contributed by atoms with Gasteiger partial charge in [0.2, 0.25) is 10.0 Å². The highest BCUT2D eigenvalue weighted by Crippen LogP contribution is 2.29. The van der Waals surface area contributed by atoms with Crippen molar-refractivity contribution in [2.24, 2.45) is 0 Å². The van der Waals surface area contributed by atoms with Gasteiger partial charge in [-0.1, -0.05) is 23.7 Å². The van der Waals surface area contributed by atoms with Gasteiger partial charge in [0.05, 0.1) is 27.7 Å². The van der Waals surface area contributed by atoms with Crippen LogP contribution in [0.1, 0.15) is 23.2 Å². The van der Waals surface area contributed by atoms with Crippen molar-refractivity contribution in [3.05, 3.63) is 57.5 Å².